The average Bonchev–Trinajstić information content (AvgIpc) is 2.66. The van der Waals surface area contributed by atoms with Gasteiger partial charge in [-0.2, -0.15) is 0 Å². The minimum absolute atomic E-state index is 0.489. The summed E-state index contributed by atoms with van der Waals surface area (Å²) in [4.78, 5) is 14.8. The molecule has 3 aliphatic rings. The van der Waals surface area contributed by atoms with Crippen molar-refractivity contribution in [2.24, 2.45) is 0 Å². The molecule has 0 spiro atoms. The minimum atomic E-state index is 0.489. The van der Waals surface area contributed by atoms with Crippen molar-refractivity contribution < 1.29 is 0 Å². The van der Waals surface area contributed by atoms with Gasteiger partial charge in [-0.15, -0.1) is 11.6 Å². The average molecular weight is 294 g/mol. The highest BCUT2D eigenvalue weighted by Crippen LogP contribution is 2.24. The fourth-order valence-corrected chi connectivity index (χ4v) is 3.77. The number of halogens is 1. The van der Waals surface area contributed by atoms with Crippen molar-refractivity contribution in [2.45, 2.75) is 18.5 Å². The van der Waals surface area contributed by atoms with Crippen molar-refractivity contribution in [1.82, 2.24) is 24.6 Å². The van der Waals surface area contributed by atoms with Crippen LogP contribution in [0.3, 0.4) is 0 Å². The summed E-state index contributed by atoms with van der Waals surface area (Å²) >= 11 is 5.87. The van der Waals surface area contributed by atoms with Gasteiger partial charge >= 0.3 is 0 Å². The van der Waals surface area contributed by atoms with E-state index in [2.05, 4.69) is 36.7 Å². The van der Waals surface area contributed by atoms with Crippen LogP contribution in [0, 0.1) is 0 Å². The maximum Gasteiger partial charge on any atom is 0.0647 e. The van der Waals surface area contributed by atoms with Gasteiger partial charge in [0.1, 0.15) is 0 Å². The predicted octanol–water partition coefficient (Wildman–Crippen LogP) is 0.768. The summed E-state index contributed by atoms with van der Waals surface area (Å²) in [7, 11) is 0. The van der Waals surface area contributed by atoms with E-state index in [4.69, 9.17) is 11.6 Å². The van der Waals surface area contributed by atoms with E-state index in [0.717, 1.165) is 50.6 Å². The van der Waals surface area contributed by atoms with Crippen LogP contribution in [0.15, 0.2) is 18.2 Å². The van der Waals surface area contributed by atoms with Crippen LogP contribution in [0.25, 0.3) is 0 Å². The van der Waals surface area contributed by atoms with E-state index in [0.29, 0.717) is 5.88 Å². The number of rotatable bonds is 3. The van der Waals surface area contributed by atoms with Crippen molar-refractivity contribution >= 4 is 11.6 Å². The Hall–Kier alpha value is -0.720. The largest absolute Gasteiger partial charge is 0.276 e. The Balaban J connectivity index is 1.49. The monoisotopic (exact) mass is 293 g/mol. The Morgan fingerprint density at radius 3 is 2.70 bits per heavy atom. The molecule has 1 aromatic heterocycles. The molecule has 5 nitrogen and oxygen atoms in total. The van der Waals surface area contributed by atoms with Crippen molar-refractivity contribution in [3.05, 3.63) is 29.6 Å². The van der Waals surface area contributed by atoms with Crippen molar-refractivity contribution in [1.29, 1.82) is 0 Å². The second-order valence-corrected chi connectivity index (χ2v) is 6.37. The molecule has 4 heterocycles. The second-order valence-electron chi connectivity index (χ2n) is 6.10. The molecule has 20 heavy (non-hydrogen) atoms. The number of hydrogen-bond acceptors (Lipinski definition) is 5. The van der Waals surface area contributed by atoms with Crippen LogP contribution in [0.2, 0.25) is 0 Å². The van der Waals surface area contributed by atoms with Crippen LogP contribution in [0.1, 0.15) is 11.4 Å². The molecular weight excluding hydrogens is 274 g/mol. The van der Waals surface area contributed by atoms with Gasteiger partial charge in [0.15, 0.2) is 0 Å². The van der Waals surface area contributed by atoms with Crippen molar-refractivity contribution in [2.75, 3.05) is 39.8 Å². The summed E-state index contributed by atoms with van der Waals surface area (Å²) in [5, 5.41) is 0. The molecule has 3 aliphatic heterocycles. The molecule has 0 aromatic carbocycles. The third-order valence-corrected chi connectivity index (χ3v) is 4.68. The highest BCUT2D eigenvalue weighted by molar-refractivity contribution is 6.16. The Labute approximate surface area is 124 Å². The Morgan fingerprint density at radius 1 is 1.05 bits per heavy atom. The quantitative estimate of drug-likeness (QED) is 0.767. The number of fused-ring (bicyclic) bond motifs is 2. The lowest BCUT2D eigenvalue weighted by atomic mass is 10.2. The molecule has 6 heteroatoms. The lowest BCUT2D eigenvalue weighted by Crippen LogP contribution is -2.48. The molecule has 0 aliphatic carbocycles. The molecule has 3 bridgehead atoms. The summed E-state index contributed by atoms with van der Waals surface area (Å²) in [5.41, 5.74) is 2.09. The SMILES string of the molecule is ClCc1cccc(CN2CN3CC4CN(C3)CN4C2)n1. The van der Waals surface area contributed by atoms with Crippen LogP contribution in [0.5, 0.6) is 0 Å². The number of pyridine rings is 1. The van der Waals surface area contributed by atoms with Gasteiger partial charge in [-0.05, 0) is 12.1 Å². The minimum Gasteiger partial charge on any atom is -0.276 e. The summed E-state index contributed by atoms with van der Waals surface area (Å²) in [5.74, 6) is 0.489. The van der Waals surface area contributed by atoms with Gasteiger partial charge < -0.3 is 0 Å². The zero-order chi connectivity index (χ0) is 13.5. The van der Waals surface area contributed by atoms with Crippen LogP contribution in [-0.2, 0) is 12.4 Å². The molecule has 108 valence electrons. The molecule has 3 unspecified atom stereocenters. The fraction of sp³-hybridized carbons (Fsp3) is 0.643. The normalized spacial score (nSPS) is 33.5. The van der Waals surface area contributed by atoms with Gasteiger partial charge in [0.2, 0.25) is 0 Å². The van der Waals surface area contributed by atoms with Crippen LogP contribution >= 0.6 is 11.6 Å². The molecule has 3 saturated heterocycles. The third kappa shape index (κ3) is 2.44. The first kappa shape index (κ1) is 13.0. The molecule has 0 amide bonds. The van der Waals surface area contributed by atoms with Crippen LogP contribution < -0.4 is 0 Å². The second kappa shape index (κ2) is 5.24. The first-order valence-corrected chi connectivity index (χ1v) is 7.75. The van der Waals surface area contributed by atoms with Gasteiger partial charge in [0.25, 0.3) is 0 Å². The van der Waals surface area contributed by atoms with Gasteiger partial charge in [0, 0.05) is 25.7 Å². The van der Waals surface area contributed by atoms with Crippen LogP contribution in [-0.4, -0.2) is 70.4 Å². The molecule has 3 atom stereocenters. The van der Waals surface area contributed by atoms with E-state index in [1.165, 1.54) is 13.1 Å². The van der Waals surface area contributed by atoms with E-state index in [1.54, 1.807) is 0 Å². The zero-order valence-electron chi connectivity index (χ0n) is 11.6. The summed E-state index contributed by atoms with van der Waals surface area (Å²) < 4.78 is 0. The Bertz CT molecular complexity index is 494. The van der Waals surface area contributed by atoms with E-state index in [9.17, 15) is 0 Å². The first-order valence-electron chi connectivity index (χ1n) is 7.22. The highest BCUT2D eigenvalue weighted by Gasteiger charge is 2.40. The third-order valence-electron chi connectivity index (χ3n) is 4.40. The van der Waals surface area contributed by atoms with Crippen LogP contribution in [0.4, 0.5) is 0 Å². The van der Waals surface area contributed by atoms with E-state index >= 15 is 0 Å². The lowest BCUT2D eigenvalue weighted by molar-refractivity contribution is 0.0368. The molecule has 0 radical (unpaired) electrons. The summed E-state index contributed by atoms with van der Waals surface area (Å²) in [6.07, 6.45) is 0. The number of aromatic nitrogens is 1. The van der Waals surface area contributed by atoms with Gasteiger partial charge in [-0.3, -0.25) is 24.6 Å². The smallest absolute Gasteiger partial charge is 0.0647 e. The van der Waals surface area contributed by atoms with Gasteiger partial charge in [-0.1, -0.05) is 6.07 Å². The fourth-order valence-electron chi connectivity index (χ4n) is 3.63. The molecule has 0 N–H and O–H groups in total. The lowest BCUT2D eigenvalue weighted by Gasteiger charge is -2.34. The summed E-state index contributed by atoms with van der Waals surface area (Å²) in [6.45, 7) is 7.67. The van der Waals surface area contributed by atoms with Gasteiger partial charge in [0.05, 0.1) is 43.9 Å². The zero-order valence-corrected chi connectivity index (χ0v) is 12.3. The number of alkyl halides is 1. The maximum absolute atomic E-state index is 5.87. The van der Waals surface area contributed by atoms with E-state index < -0.39 is 0 Å². The van der Waals surface area contributed by atoms with Gasteiger partial charge in [-0.25, -0.2) is 0 Å². The number of nitrogens with zero attached hydrogens (tertiary/aromatic N) is 5. The topological polar surface area (TPSA) is 25.9 Å². The maximum atomic E-state index is 5.87. The standard InChI is InChI=1S/C14H20ClN5/c15-4-12-2-1-3-13(16-12)5-17-8-18-6-14-7-19(9-18)11-20(14)10-17/h1-3,14H,4-11H2. The van der Waals surface area contributed by atoms with Crippen molar-refractivity contribution in [3.63, 3.8) is 0 Å². The molecule has 1 aromatic rings. The Kier molecular flexibility index (Phi) is 3.40. The highest BCUT2D eigenvalue weighted by atomic mass is 35.5. The van der Waals surface area contributed by atoms with E-state index in [-0.39, 0.29) is 0 Å². The molecule has 0 saturated carbocycles. The molecular formula is C14H20ClN5. The van der Waals surface area contributed by atoms with E-state index in [1.807, 2.05) is 6.07 Å². The summed E-state index contributed by atoms with van der Waals surface area (Å²) in [6, 6.07) is 6.87. The first-order chi connectivity index (χ1) is 9.80. The predicted molar refractivity (Wildman–Crippen MR) is 77.8 cm³/mol. The number of hydrogen-bond donors (Lipinski definition) is 0. The molecule has 4 rings (SSSR count). The Morgan fingerprint density at radius 2 is 1.85 bits per heavy atom. The van der Waals surface area contributed by atoms with Crippen molar-refractivity contribution in [3.8, 4) is 0 Å². The molecule has 3 fully saturated rings.